The van der Waals surface area contributed by atoms with Crippen molar-refractivity contribution in [3.05, 3.63) is 107 Å². The zero-order valence-corrected chi connectivity index (χ0v) is 19.1. The van der Waals surface area contributed by atoms with Crippen molar-refractivity contribution < 1.29 is 9.47 Å². The van der Waals surface area contributed by atoms with Crippen molar-refractivity contribution in [2.75, 3.05) is 14.2 Å². The lowest BCUT2D eigenvalue weighted by molar-refractivity contribution is 0.401. The van der Waals surface area contributed by atoms with Crippen LogP contribution in [0.1, 0.15) is 22.5 Å². The maximum atomic E-state index is 5.68. The van der Waals surface area contributed by atoms with Gasteiger partial charge in [-0.25, -0.2) is 9.97 Å². The van der Waals surface area contributed by atoms with Gasteiger partial charge in [0.25, 0.3) is 0 Å². The highest BCUT2D eigenvalue weighted by molar-refractivity contribution is 5.83. The van der Waals surface area contributed by atoms with Gasteiger partial charge in [-0.1, -0.05) is 48.5 Å². The van der Waals surface area contributed by atoms with Crippen LogP contribution in [0.4, 0.5) is 0 Å². The Morgan fingerprint density at radius 3 is 1.41 bits per heavy atom. The third-order valence-corrected chi connectivity index (χ3v) is 5.69. The Kier molecular flexibility index (Phi) is 6.04. The zero-order valence-electron chi connectivity index (χ0n) is 19.1. The number of nitrogens with zero attached hydrogens (tertiary/aromatic N) is 2. The molecule has 2 heterocycles. The van der Waals surface area contributed by atoms with Gasteiger partial charge in [0.05, 0.1) is 36.6 Å². The minimum absolute atomic E-state index is 0.754. The number of benzene rings is 3. The molecule has 5 aromatic rings. The van der Waals surface area contributed by atoms with E-state index in [2.05, 4.69) is 24.3 Å². The topological polar surface area (TPSA) is 44.2 Å². The minimum atomic E-state index is 0.754. The minimum Gasteiger partial charge on any atom is -0.496 e. The summed E-state index contributed by atoms with van der Waals surface area (Å²) in [6.45, 7) is 0. The lowest BCUT2D eigenvalue weighted by Gasteiger charge is -2.11. The predicted molar refractivity (Wildman–Crippen MR) is 141 cm³/mol. The number of ether oxygens (including phenoxy) is 2. The third-order valence-electron chi connectivity index (χ3n) is 5.69. The number of hydrogen-bond donors (Lipinski definition) is 0. The Balaban J connectivity index is 1.45. The normalized spacial score (nSPS) is 11.6. The first kappa shape index (κ1) is 21.4. The molecule has 0 aliphatic rings. The molecule has 0 spiro atoms. The molecular formula is C30H24N2O2. The fraction of sp³-hybridized carbons (Fsp3) is 0.0667. The molecule has 34 heavy (non-hydrogen) atoms. The Morgan fingerprint density at radius 1 is 0.529 bits per heavy atom. The van der Waals surface area contributed by atoms with Crippen LogP contribution in [-0.4, -0.2) is 24.2 Å². The van der Waals surface area contributed by atoms with Crippen molar-refractivity contribution in [2.24, 2.45) is 0 Å². The van der Waals surface area contributed by atoms with E-state index in [1.807, 2.05) is 85.0 Å². The monoisotopic (exact) mass is 444 g/mol. The lowest BCUT2D eigenvalue weighted by Crippen LogP contribution is -1.93. The van der Waals surface area contributed by atoms with E-state index < -0.39 is 0 Å². The van der Waals surface area contributed by atoms with Crippen molar-refractivity contribution in [2.45, 2.75) is 0 Å². The van der Waals surface area contributed by atoms with E-state index in [4.69, 9.17) is 19.4 Å². The first-order chi connectivity index (χ1) is 16.7. The molecule has 0 aliphatic carbocycles. The molecular weight excluding hydrogens is 420 g/mol. The molecule has 0 atom stereocenters. The number of aromatic nitrogens is 2. The number of hydrogen-bond acceptors (Lipinski definition) is 4. The van der Waals surface area contributed by atoms with Crippen LogP contribution in [0.25, 0.3) is 46.1 Å². The number of rotatable bonds is 6. The van der Waals surface area contributed by atoms with E-state index in [1.54, 1.807) is 14.2 Å². The molecule has 0 saturated heterocycles. The summed E-state index contributed by atoms with van der Waals surface area (Å²) < 4.78 is 11.4. The molecule has 4 nitrogen and oxygen atoms in total. The van der Waals surface area contributed by atoms with Crippen LogP contribution in [-0.2, 0) is 0 Å². The molecule has 2 aromatic heterocycles. The maximum absolute atomic E-state index is 5.68. The van der Waals surface area contributed by atoms with Crippen molar-refractivity contribution >= 4 is 46.1 Å². The summed E-state index contributed by atoms with van der Waals surface area (Å²) in [7, 11) is 3.34. The standard InChI is InChI=1S/C30H24N2O2/c1-33-29-19-24(14-18-26-16-12-22-8-4-6-10-28(22)32-26)30(34-2)20-23(29)13-17-25-15-11-21-7-3-5-9-27(21)31-25/h3-20H,1-2H3/b17-13+,18-14+. The van der Waals surface area contributed by atoms with Gasteiger partial charge in [-0.05, 0) is 60.7 Å². The van der Waals surface area contributed by atoms with Gasteiger partial charge in [-0.15, -0.1) is 0 Å². The van der Waals surface area contributed by atoms with Crippen LogP contribution in [0.3, 0.4) is 0 Å². The highest BCUT2D eigenvalue weighted by Crippen LogP contribution is 2.31. The van der Waals surface area contributed by atoms with E-state index in [-0.39, 0.29) is 0 Å². The smallest absolute Gasteiger partial charge is 0.126 e. The van der Waals surface area contributed by atoms with Crippen LogP contribution in [0.2, 0.25) is 0 Å². The van der Waals surface area contributed by atoms with Gasteiger partial charge in [0.15, 0.2) is 0 Å². The highest BCUT2D eigenvalue weighted by Gasteiger charge is 2.08. The Bertz CT molecular complexity index is 1420. The average Bonchev–Trinajstić information content (AvgIpc) is 2.90. The summed E-state index contributed by atoms with van der Waals surface area (Å²) in [5.41, 5.74) is 5.52. The largest absolute Gasteiger partial charge is 0.496 e. The van der Waals surface area contributed by atoms with E-state index in [9.17, 15) is 0 Å². The van der Waals surface area contributed by atoms with Crippen LogP contribution in [0.15, 0.2) is 84.9 Å². The average molecular weight is 445 g/mol. The summed E-state index contributed by atoms with van der Waals surface area (Å²) in [6.07, 6.45) is 7.96. The van der Waals surface area contributed by atoms with Gasteiger partial charge in [0.2, 0.25) is 0 Å². The van der Waals surface area contributed by atoms with Gasteiger partial charge in [-0.2, -0.15) is 0 Å². The zero-order chi connectivity index (χ0) is 23.3. The molecule has 3 aromatic carbocycles. The second kappa shape index (κ2) is 9.59. The molecule has 0 amide bonds. The Morgan fingerprint density at radius 2 is 0.971 bits per heavy atom. The number of pyridine rings is 2. The molecule has 5 rings (SSSR count). The summed E-state index contributed by atoms with van der Waals surface area (Å²) in [6, 6.07) is 28.3. The predicted octanol–water partition coefficient (Wildman–Crippen LogP) is 7.14. The Hall–Kier alpha value is -4.44. The Labute approximate surface area is 198 Å². The molecule has 4 heteroatoms. The molecule has 166 valence electrons. The highest BCUT2D eigenvalue weighted by atomic mass is 16.5. The number of para-hydroxylation sites is 2. The van der Waals surface area contributed by atoms with Gasteiger partial charge >= 0.3 is 0 Å². The second-order valence-electron chi connectivity index (χ2n) is 7.86. The number of fused-ring (bicyclic) bond motifs is 2. The summed E-state index contributed by atoms with van der Waals surface area (Å²) in [5.74, 6) is 1.51. The maximum Gasteiger partial charge on any atom is 0.126 e. The second-order valence-corrected chi connectivity index (χ2v) is 7.86. The fourth-order valence-corrected chi connectivity index (χ4v) is 3.90. The van der Waals surface area contributed by atoms with E-state index in [0.717, 1.165) is 55.8 Å². The van der Waals surface area contributed by atoms with Gasteiger partial charge < -0.3 is 9.47 Å². The van der Waals surface area contributed by atoms with Gasteiger partial charge in [-0.3, -0.25) is 0 Å². The van der Waals surface area contributed by atoms with Crippen molar-refractivity contribution in [1.29, 1.82) is 0 Å². The quantitative estimate of drug-likeness (QED) is 0.279. The molecule has 0 unspecified atom stereocenters. The van der Waals surface area contributed by atoms with Gasteiger partial charge in [0, 0.05) is 21.9 Å². The van der Waals surface area contributed by atoms with Crippen molar-refractivity contribution in [1.82, 2.24) is 9.97 Å². The third kappa shape index (κ3) is 4.52. The summed E-state index contributed by atoms with van der Waals surface area (Å²) >= 11 is 0. The molecule has 0 fully saturated rings. The number of methoxy groups -OCH3 is 2. The first-order valence-corrected chi connectivity index (χ1v) is 11.1. The van der Waals surface area contributed by atoms with E-state index >= 15 is 0 Å². The fourth-order valence-electron chi connectivity index (χ4n) is 3.90. The van der Waals surface area contributed by atoms with E-state index in [0.29, 0.717) is 0 Å². The molecule has 0 aliphatic heterocycles. The summed E-state index contributed by atoms with van der Waals surface area (Å²) in [4.78, 5) is 9.43. The lowest BCUT2D eigenvalue weighted by atomic mass is 10.1. The van der Waals surface area contributed by atoms with Crippen molar-refractivity contribution in [3.63, 3.8) is 0 Å². The molecule has 0 bridgehead atoms. The molecule has 0 N–H and O–H groups in total. The van der Waals surface area contributed by atoms with Crippen LogP contribution in [0.5, 0.6) is 11.5 Å². The van der Waals surface area contributed by atoms with Gasteiger partial charge in [0.1, 0.15) is 11.5 Å². The van der Waals surface area contributed by atoms with Crippen LogP contribution < -0.4 is 9.47 Å². The van der Waals surface area contributed by atoms with Crippen molar-refractivity contribution in [3.8, 4) is 11.5 Å². The SMILES string of the molecule is COc1cc(/C=C/c2ccc3ccccc3n2)c(OC)cc1/C=C/c1ccc2ccccc2n1. The molecule has 0 saturated carbocycles. The first-order valence-electron chi connectivity index (χ1n) is 11.1. The van der Waals surface area contributed by atoms with E-state index in [1.165, 1.54) is 0 Å². The summed E-state index contributed by atoms with van der Waals surface area (Å²) in [5, 5.41) is 2.24. The van der Waals surface area contributed by atoms with Crippen LogP contribution in [0, 0.1) is 0 Å². The van der Waals surface area contributed by atoms with Crippen LogP contribution >= 0.6 is 0 Å². The molecule has 0 radical (unpaired) electrons.